The van der Waals surface area contributed by atoms with E-state index in [0.717, 1.165) is 34.8 Å². The number of imide groups is 1. The van der Waals surface area contributed by atoms with Gasteiger partial charge in [0.15, 0.2) is 5.76 Å². The summed E-state index contributed by atoms with van der Waals surface area (Å²) in [5.41, 5.74) is 3.95. The lowest BCUT2D eigenvalue weighted by atomic mass is 9.96. The lowest BCUT2D eigenvalue weighted by molar-refractivity contribution is -0.133. The first kappa shape index (κ1) is 22.0. The minimum absolute atomic E-state index is 0.152. The zero-order valence-corrected chi connectivity index (χ0v) is 18.2. The maximum absolute atomic E-state index is 13.3. The van der Waals surface area contributed by atoms with E-state index < -0.39 is 11.8 Å². The third-order valence-corrected chi connectivity index (χ3v) is 5.37. The fourth-order valence-corrected chi connectivity index (χ4v) is 3.58. The van der Waals surface area contributed by atoms with E-state index in [9.17, 15) is 14.4 Å². The lowest BCUT2D eigenvalue weighted by Crippen LogP contribution is -2.43. The molecule has 6 nitrogen and oxygen atoms in total. The van der Waals surface area contributed by atoms with Crippen LogP contribution in [0.1, 0.15) is 31.9 Å². The molecule has 160 valence electrons. The number of benzene rings is 2. The van der Waals surface area contributed by atoms with Crippen LogP contribution in [0, 0.1) is 6.92 Å². The zero-order chi connectivity index (χ0) is 22.5. The number of hydrogen-bond donors (Lipinski definition) is 0. The average molecular weight is 418 g/mol. The minimum Gasteiger partial charge on any atom is -0.422 e. The van der Waals surface area contributed by atoms with E-state index in [-0.39, 0.29) is 12.2 Å². The molecule has 2 aromatic rings. The predicted octanol–water partition coefficient (Wildman–Crippen LogP) is 4.25. The summed E-state index contributed by atoms with van der Waals surface area (Å²) >= 11 is 0. The fraction of sp³-hybridized carbons (Fsp3) is 0.240. The van der Waals surface area contributed by atoms with Crippen molar-refractivity contribution in [2.75, 3.05) is 22.9 Å². The fourth-order valence-electron chi connectivity index (χ4n) is 3.58. The molecule has 3 rings (SSSR count). The van der Waals surface area contributed by atoms with Crippen molar-refractivity contribution in [2.45, 2.75) is 27.7 Å². The third kappa shape index (κ3) is 4.43. The third-order valence-electron chi connectivity index (χ3n) is 5.37. The van der Waals surface area contributed by atoms with Crippen LogP contribution in [-0.2, 0) is 19.1 Å². The Balaban J connectivity index is 2.06. The molecule has 0 saturated carbocycles. The van der Waals surface area contributed by atoms with Crippen molar-refractivity contribution < 1.29 is 19.1 Å². The standard InChI is InChI=1S/C25H26N2O4/c1-5-26(6-2)20-13-9-19(10-14-20)15-22-18(4)23(31-16-28)25(30)27(24(22)29)21-11-7-17(3)8-12-21/h7-16H,5-6H2,1-4H3/b22-15-. The Hall–Kier alpha value is -3.67. The molecule has 0 N–H and O–H groups in total. The molecule has 6 heteroatoms. The van der Waals surface area contributed by atoms with Crippen molar-refractivity contribution in [3.63, 3.8) is 0 Å². The number of carbonyl (C=O) groups excluding carboxylic acids is 3. The quantitative estimate of drug-likeness (QED) is 0.382. The number of carbonyl (C=O) groups is 3. The van der Waals surface area contributed by atoms with Gasteiger partial charge in [-0.15, -0.1) is 0 Å². The zero-order valence-electron chi connectivity index (χ0n) is 18.2. The Morgan fingerprint density at radius 3 is 2.06 bits per heavy atom. The van der Waals surface area contributed by atoms with Crippen molar-refractivity contribution in [3.05, 3.63) is 76.6 Å². The van der Waals surface area contributed by atoms with Gasteiger partial charge in [0.1, 0.15) is 0 Å². The summed E-state index contributed by atoms with van der Waals surface area (Å²) in [6.45, 7) is 9.73. The van der Waals surface area contributed by atoms with Crippen LogP contribution in [0.2, 0.25) is 0 Å². The first-order valence-corrected chi connectivity index (χ1v) is 10.2. The molecule has 0 bridgehead atoms. The largest absolute Gasteiger partial charge is 0.422 e. The summed E-state index contributed by atoms with van der Waals surface area (Å²) in [5, 5.41) is 0. The maximum Gasteiger partial charge on any atom is 0.301 e. The van der Waals surface area contributed by atoms with Gasteiger partial charge in [-0.05, 0) is 63.6 Å². The lowest BCUT2D eigenvalue weighted by Gasteiger charge is -2.28. The van der Waals surface area contributed by atoms with Crippen LogP contribution in [0.5, 0.6) is 0 Å². The molecule has 0 fully saturated rings. The molecule has 0 aliphatic carbocycles. The predicted molar refractivity (Wildman–Crippen MR) is 122 cm³/mol. The van der Waals surface area contributed by atoms with E-state index in [4.69, 9.17) is 4.74 Å². The van der Waals surface area contributed by atoms with Crippen molar-refractivity contribution >= 4 is 35.7 Å². The average Bonchev–Trinajstić information content (AvgIpc) is 2.77. The summed E-state index contributed by atoms with van der Waals surface area (Å²) in [6, 6.07) is 14.9. The Morgan fingerprint density at radius 2 is 1.52 bits per heavy atom. The van der Waals surface area contributed by atoms with Crippen LogP contribution in [0.15, 0.2) is 65.4 Å². The number of nitrogens with zero attached hydrogens (tertiary/aromatic N) is 2. The maximum atomic E-state index is 13.3. The second-order valence-electron chi connectivity index (χ2n) is 7.27. The van der Waals surface area contributed by atoms with Gasteiger partial charge in [-0.3, -0.25) is 14.4 Å². The number of amides is 2. The number of aryl methyl sites for hydroxylation is 1. The summed E-state index contributed by atoms with van der Waals surface area (Å²) in [6.07, 6.45) is 1.71. The molecule has 2 aromatic carbocycles. The first-order valence-electron chi connectivity index (χ1n) is 10.2. The molecule has 0 radical (unpaired) electrons. The van der Waals surface area contributed by atoms with Gasteiger partial charge in [0.05, 0.1) is 5.69 Å². The molecule has 0 aromatic heterocycles. The minimum atomic E-state index is -0.660. The molecule has 1 aliphatic heterocycles. The van der Waals surface area contributed by atoms with E-state index in [1.807, 2.05) is 43.3 Å². The van der Waals surface area contributed by atoms with E-state index in [2.05, 4.69) is 18.7 Å². The molecule has 0 spiro atoms. The molecule has 1 heterocycles. The summed E-state index contributed by atoms with van der Waals surface area (Å²) in [4.78, 5) is 40.5. The highest BCUT2D eigenvalue weighted by Gasteiger charge is 2.37. The molecule has 0 saturated heterocycles. The molecule has 31 heavy (non-hydrogen) atoms. The normalized spacial score (nSPS) is 15.5. The van der Waals surface area contributed by atoms with Gasteiger partial charge in [0.25, 0.3) is 12.4 Å². The van der Waals surface area contributed by atoms with Crippen molar-refractivity contribution in [1.82, 2.24) is 0 Å². The first-order chi connectivity index (χ1) is 14.9. The molecule has 0 atom stereocenters. The molecule has 2 amide bonds. The van der Waals surface area contributed by atoms with Crippen molar-refractivity contribution in [3.8, 4) is 0 Å². The second kappa shape index (κ2) is 9.43. The van der Waals surface area contributed by atoms with E-state index in [1.54, 1.807) is 25.1 Å². The highest BCUT2D eigenvalue weighted by atomic mass is 16.5. The Morgan fingerprint density at radius 1 is 0.903 bits per heavy atom. The van der Waals surface area contributed by atoms with Gasteiger partial charge in [-0.2, -0.15) is 0 Å². The number of rotatable bonds is 7. The van der Waals surface area contributed by atoms with Crippen LogP contribution >= 0.6 is 0 Å². The smallest absolute Gasteiger partial charge is 0.301 e. The van der Waals surface area contributed by atoms with Crippen LogP contribution in [0.25, 0.3) is 6.08 Å². The monoisotopic (exact) mass is 418 g/mol. The molecule has 0 unspecified atom stereocenters. The summed E-state index contributed by atoms with van der Waals surface area (Å²) in [7, 11) is 0. The topological polar surface area (TPSA) is 66.9 Å². The van der Waals surface area contributed by atoms with Crippen LogP contribution in [0.4, 0.5) is 11.4 Å². The molecular weight excluding hydrogens is 392 g/mol. The van der Waals surface area contributed by atoms with Crippen molar-refractivity contribution in [1.29, 1.82) is 0 Å². The summed E-state index contributed by atoms with van der Waals surface area (Å²) in [5.74, 6) is -1.27. The molecular formula is C25H26N2O4. The van der Waals surface area contributed by atoms with Gasteiger partial charge < -0.3 is 9.64 Å². The van der Waals surface area contributed by atoms with Gasteiger partial charge in [0.2, 0.25) is 0 Å². The van der Waals surface area contributed by atoms with E-state index in [1.165, 1.54) is 0 Å². The second-order valence-corrected chi connectivity index (χ2v) is 7.27. The summed E-state index contributed by atoms with van der Waals surface area (Å²) < 4.78 is 4.99. The van der Waals surface area contributed by atoms with Gasteiger partial charge >= 0.3 is 5.91 Å². The van der Waals surface area contributed by atoms with E-state index in [0.29, 0.717) is 16.8 Å². The Labute approximate surface area is 182 Å². The highest BCUT2D eigenvalue weighted by molar-refractivity contribution is 6.30. The van der Waals surface area contributed by atoms with Crippen LogP contribution in [-0.4, -0.2) is 31.4 Å². The van der Waals surface area contributed by atoms with Crippen molar-refractivity contribution in [2.24, 2.45) is 0 Å². The molecule has 1 aliphatic rings. The van der Waals surface area contributed by atoms with E-state index >= 15 is 0 Å². The number of hydrogen-bond acceptors (Lipinski definition) is 5. The van der Waals surface area contributed by atoms with Gasteiger partial charge in [-0.1, -0.05) is 29.8 Å². The Bertz CT molecular complexity index is 1050. The Kier molecular flexibility index (Phi) is 6.70. The SMILES string of the molecule is CCN(CC)c1ccc(/C=C2\C(=O)N(c3ccc(C)cc3)C(=O)C(OC=O)=C2C)cc1. The highest BCUT2D eigenvalue weighted by Crippen LogP contribution is 2.31. The number of anilines is 2. The van der Waals surface area contributed by atoms with Crippen LogP contribution in [0.3, 0.4) is 0 Å². The number of ether oxygens (including phenoxy) is 1. The van der Waals surface area contributed by atoms with Gasteiger partial charge in [-0.25, -0.2) is 4.90 Å². The van der Waals surface area contributed by atoms with Gasteiger partial charge in [0, 0.05) is 29.9 Å². The van der Waals surface area contributed by atoms with Crippen LogP contribution < -0.4 is 9.80 Å².